The van der Waals surface area contributed by atoms with Crippen molar-refractivity contribution in [2.45, 2.75) is 19.3 Å². The molecule has 0 spiro atoms. The van der Waals surface area contributed by atoms with Gasteiger partial charge in [-0.25, -0.2) is 0 Å². The largest absolute Gasteiger partial charge is 0.481 e. The number of hydrogen-bond donors (Lipinski definition) is 4. The summed E-state index contributed by atoms with van der Waals surface area (Å²) in [6.07, 6.45) is 1.01. The molecule has 100 valence electrons. The molecule has 0 aliphatic heterocycles. The molecule has 7 heteroatoms. The van der Waals surface area contributed by atoms with Crippen molar-refractivity contribution in [1.29, 1.82) is 0 Å². The van der Waals surface area contributed by atoms with E-state index in [2.05, 4.69) is 25.3 Å². The summed E-state index contributed by atoms with van der Waals surface area (Å²) < 4.78 is 0. The van der Waals surface area contributed by atoms with Gasteiger partial charge < -0.3 is 10.2 Å². The Labute approximate surface area is 116 Å². The predicted molar refractivity (Wildman–Crippen MR) is 76.6 cm³/mol. The minimum absolute atomic E-state index is 0.0577. The van der Waals surface area contributed by atoms with Gasteiger partial charge in [-0.15, -0.1) is 0 Å². The lowest BCUT2D eigenvalue weighted by molar-refractivity contribution is -0.147. The molecular formula is C10H18O4S3. The first-order valence-electron chi connectivity index (χ1n) is 5.23. The molecule has 0 aliphatic carbocycles. The lowest BCUT2D eigenvalue weighted by atomic mass is 9.84. The highest BCUT2D eigenvalue weighted by Crippen LogP contribution is 2.32. The molecule has 0 bridgehead atoms. The van der Waals surface area contributed by atoms with E-state index in [1.165, 1.54) is 11.8 Å². The Morgan fingerprint density at radius 3 is 2.00 bits per heavy atom. The number of carboxylic acid groups (broad SMARTS) is 2. The molecule has 0 rings (SSSR count). The van der Waals surface area contributed by atoms with Gasteiger partial charge in [0.2, 0.25) is 0 Å². The zero-order valence-corrected chi connectivity index (χ0v) is 12.1. The van der Waals surface area contributed by atoms with Gasteiger partial charge in [0.15, 0.2) is 0 Å². The fourth-order valence-corrected chi connectivity index (χ4v) is 3.52. The quantitative estimate of drug-likeness (QED) is 0.366. The summed E-state index contributed by atoms with van der Waals surface area (Å²) >= 11 is 9.54. The van der Waals surface area contributed by atoms with Gasteiger partial charge in [0.1, 0.15) is 0 Å². The number of carbonyl (C=O) groups is 2. The maximum absolute atomic E-state index is 11.3. The van der Waals surface area contributed by atoms with Gasteiger partial charge in [-0.2, -0.15) is 37.0 Å². The van der Waals surface area contributed by atoms with Crippen molar-refractivity contribution >= 4 is 49.0 Å². The van der Waals surface area contributed by atoms with Gasteiger partial charge in [0.25, 0.3) is 0 Å². The average molecular weight is 298 g/mol. The molecular weight excluding hydrogens is 280 g/mol. The van der Waals surface area contributed by atoms with Crippen LogP contribution >= 0.6 is 37.0 Å². The Bertz CT molecular complexity index is 252. The zero-order chi connectivity index (χ0) is 13.3. The molecule has 0 saturated heterocycles. The monoisotopic (exact) mass is 298 g/mol. The van der Waals surface area contributed by atoms with Gasteiger partial charge in [-0.1, -0.05) is 0 Å². The van der Waals surface area contributed by atoms with Crippen LogP contribution in [0.5, 0.6) is 0 Å². The SMILES string of the molecule is O=C(O)CCSCC(CCS)(CCS)C(=O)O. The van der Waals surface area contributed by atoms with Gasteiger partial charge in [0, 0.05) is 11.5 Å². The van der Waals surface area contributed by atoms with Crippen LogP contribution in [0.4, 0.5) is 0 Å². The first-order chi connectivity index (χ1) is 7.98. The van der Waals surface area contributed by atoms with Crippen molar-refractivity contribution in [1.82, 2.24) is 0 Å². The van der Waals surface area contributed by atoms with Crippen molar-refractivity contribution in [2.75, 3.05) is 23.0 Å². The van der Waals surface area contributed by atoms with Crippen LogP contribution in [-0.2, 0) is 9.59 Å². The van der Waals surface area contributed by atoms with E-state index in [0.29, 0.717) is 35.9 Å². The summed E-state index contributed by atoms with van der Waals surface area (Å²) in [4.78, 5) is 21.7. The predicted octanol–water partition coefficient (Wildman–Crippen LogP) is 1.91. The van der Waals surface area contributed by atoms with E-state index in [1.54, 1.807) is 0 Å². The Balaban J connectivity index is 4.35. The number of thioether (sulfide) groups is 1. The molecule has 0 aromatic rings. The number of hydrogen-bond acceptors (Lipinski definition) is 5. The van der Waals surface area contributed by atoms with E-state index < -0.39 is 17.4 Å². The van der Waals surface area contributed by atoms with Crippen LogP contribution < -0.4 is 0 Å². The van der Waals surface area contributed by atoms with Crippen LogP contribution in [0.2, 0.25) is 0 Å². The fraction of sp³-hybridized carbons (Fsp3) is 0.800. The molecule has 0 saturated carbocycles. The molecule has 0 aromatic carbocycles. The summed E-state index contributed by atoms with van der Waals surface area (Å²) in [5.74, 6) is 0.143. The molecule has 2 N–H and O–H groups in total. The van der Waals surface area contributed by atoms with E-state index >= 15 is 0 Å². The van der Waals surface area contributed by atoms with Gasteiger partial charge >= 0.3 is 11.9 Å². The molecule has 0 heterocycles. The Morgan fingerprint density at radius 1 is 1.12 bits per heavy atom. The molecule has 0 aliphatic rings. The number of thiol groups is 2. The van der Waals surface area contributed by atoms with Crippen LogP contribution in [0.25, 0.3) is 0 Å². The van der Waals surface area contributed by atoms with E-state index in [-0.39, 0.29) is 6.42 Å². The lowest BCUT2D eigenvalue weighted by Crippen LogP contribution is -2.35. The van der Waals surface area contributed by atoms with Crippen molar-refractivity contribution < 1.29 is 19.8 Å². The summed E-state index contributed by atoms with van der Waals surface area (Å²) in [6, 6.07) is 0. The average Bonchev–Trinajstić information content (AvgIpc) is 2.24. The number of aliphatic carboxylic acids is 2. The molecule has 4 nitrogen and oxygen atoms in total. The van der Waals surface area contributed by atoms with Crippen molar-refractivity contribution in [3.05, 3.63) is 0 Å². The maximum atomic E-state index is 11.3. The topological polar surface area (TPSA) is 74.6 Å². The van der Waals surface area contributed by atoms with E-state index in [4.69, 9.17) is 5.11 Å². The van der Waals surface area contributed by atoms with Crippen LogP contribution in [0.1, 0.15) is 19.3 Å². The maximum Gasteiger partial charge on any atom is 0.310 e. The zero-order valence-electron chi connectivity index (χ0n) is 9.46. The Kier molecular flexibility index (Phi) is 8.99. The highest BCUT2D eigenvalue weighted by atomic mass is 32.2. The molecule has 0 radical (unpaired) electrons. The summed E-state index contributed by atoms with van der Waals surface area (Å²) in [5, 5.41) is 17.8. The van der Waals surface area contributed by atoms with E-state index in [9.17, 15) is 14.7 Å². The van der Waals surface area contributed by atoms with Crippen LogP contribution in [0, 0.1) is 5.41 Å². The minimum atomic E-state index is -0.859. The standard InChI is InChI=1S/C10H18O4S3/c11-8(12)1-6-17-7-10(2-4-15,3-5-16)9(13)14/h15-16H,1-7H2,(H,11,12)(H,13,14). The second-order valence-corrected chi connectivity index (χ2v) is 5.73. The minimum Gasteiger partial charge on any atom is -0.481 e. The van der Waals surface area contributed by atoms with Gasteiger partial charge in [-0.05, 0) is 24.3 Å². The molecule has 0 aromatic heterocycles. The smallest absolute Gasteiger partial charge is 0.310 e. The second kappa shape index (κ2) is 8.99. The van der Waals surface area contributed by atoms with Crippen LogP contribution in [0.15, 0.2) is 0 Å². The molecule has 0 fully saturated rings. The summed E-state index contributed by atoms with van der Waals surface area (Å²) in [7, 11) is 0. The normalized spacial score (nSPS) is 11.4. The van der Waals surface area contributed by atoms with Crippen molar-refractivity contribution in [3.63, 3.8) is 0 Å². The van der Waals surface area contributed by atoms with Gasteiger partial charge in [-0.3, -0.25) is 9.59 Å². The van der Waals surface area contributed by atoms with Crippen LogP contribution in [-0.4, -0.2) is 45.2 Å². The molecule has 0 unspecified atom stereocenters. The number of rotatable bonds is 10. The summed E-state index contributed by atoms with van der Waals surface area (Å²) in [6.45, 7) is 0. The highest BCUT2D eigenvalue weighted by molar-refractivity contribution is 7.99. The Morgan fingerprint density at radius 2 is 1.65 bits per heavy atom. The van der Waals surface area contributed by atoms with Crippen molar-refractivity contribution in [3.8, 4) is 0 Å². The molecule has 17 heavy (non-hydrogen) atoms. The van der Waals surface area contributed by atoms with Gasteiger partial charge in [0.05, 0.1) is 11.8 Å². The van der Waals surface area contributed by atoms with E-state index in [1.807, 2.05) is 0 Å². The Hall–Kier alpha value is -0.0100. The molecule has 0 atom stereocenters. The third kappa shape index (κ3) is 6.47. The second-order valence-electron chi connectivity index (χ2n) is 3.73. The lowest BCUT2D eigenvalue weighted by Gasteiger charge is -2.28. The third-order valence-corrected chi connectivity index (χ3v) is 4.17. The third-order valence-electron chi connectivity index (χ3n) is 2.47. The first-order valence-corrected chi connectivity index (χ1v) is 7.65. The van der Waals surface area contributed by atoms with E-state index in [0.717, 1.165) is 0 Å². The number of carboxylic acids is 2. The molecule has 0 amide bonds. The highest BCUT2D eigenvalue weighted by Gasteiger charge is 2.36. The van der Waals surface area contributed by atoms with Crippen molar-refractivity contribution in [2.24, 2.45) is 5.41 Å². The fourth-order valence-electron chi connectivity index (χ4n) is 1.40. The van der Waals surface area contributed by atoms with Crippen LogP contribution in [0.3, 0.4) is 0 Å². The summed E-state index contributed by atoms with van der Waals surface area (Å²) in [5.41, 5.74) is -0.827. The first kappa shape index (κ1) is 17.0.